The van der Waals surface area contributed by atoms with E-state index < -0.39 is 5.97 Å². The molecule has 0 saturated heterocycles. The Labute approximate surface area is 112 Å². The number of carboxylic acids is 1. The molecule has 0 fully saturated rings. The molecule has 100 valence electrons. The molecule has 0 unspecified atom stereocenters. The summed E-state index contributed by atoms with van der Waals surface area (Å²) in [7, 11) is 1.83. The number of benzene rings is 1. The van der Waals surface area contributed by atoms with Crippen molar-refractivity contribution in [3.63, 3.8) is 0 Å². The Morgan fingerprint density at radius 3 is 2.32 bits per heavy atom. The molecule has 1 aromatic heterocycles. The number of aryl methyl sites for hydroxylation is 1. The van der Waals surface area contributed by atoms with Gasteiger partial charge in [-0.05, 0) is 18.4 Å². The highest BCUT2D eigenvalue weighted by atomic mass is 16.4. The van der Waals surface area contributed by atoms with Crippen molar-refractivity contribution in [2.45, 2.75) is 26.7 Å². The Balaban J connectivity index is 2.55. The van der Waals surface area contributed by atoms with E-state index in [0.29, 0.717) is 17.4 Å². The van der Waals surface area contributed by atoms with Gasteiger partial charge in [-0.1, -0.05) is 38.1 Å². The van der Waals surface area contributed by atoms with Crippen molar-refractivity contribution < 1.29 is 9.90 Å². The Morgan fingerprint density at radius 2 is 1.84 bits per heavy atom. The minimum atomic E-state index is -0.994. The second-order valence-electron chi connectivity index (χ2n) is 5.00. The topological polar surface area (TPSA) is 55.1 Å². The zero-order valence-corrected chi connectivity index (χ0v) is 11.6. The van der Waals surface area contributed by atoms with Gasteiger partial charge >= 0.3 is 5.97 Å². The highest BCUT2D eigenvalue weighted by Crippen LogP contribution is 2.26. The maximum absolute atomic E-state index is 11.3. The van der Waals surface area contributed by atoms with Gasteiger partial charge in [0.05, 0.1) is 5.69 Å². The smallest absolute Gasteiger partial charge is 0.356 e. The average molecular weight is 258 g/mol. The lowest BCUT2D eigenvalue weighted by Crippen LogP contribution is -2.01. The van der Waals surface area contributed by atoms with Gasteiger partial charge in [-0.25, -0.2) is 9.78 Å². The summed E-state index contributed by atoms with van der Waals surface area (Å²) in [6.45, 7) is 6.07. The van der Waals surface area contributed by atoms with Crippen molar-refractivity contribution in [2.75, 3.05) is 0 Å². The normalized spacial score (nSPS) is 11.0. The van der Waals surface area contributed by atoms with Gasteiger partial charge in [-0.2, -0.15) is 0 Å². The molecule has 0 atom stereocenters. The van der Waals surface area contributed by atoms with Crippen LogP contribution >= 0.6 is 0 Å². The van der Waals surface area contributed by atoms with Crippen LogP contribution in [0.2, 0.25) is 0 Å². The molecular weight excluding hydrogens is 240 g/mol. The summed E-state index contributed by atoms with van der Waals surface area (Å²) in [6.07, 6.45) is 0. The molecule has 1 heterocycles. The molecule has 1 N–H and O–H groups in total. The Bertz CT molecular complexity index is 610. The first-order valence-corrected chi connectivity index (χ1v) is 6.28. The van der Waals surface area contributed by atoms with Gasteiger partial charge in [0.2, 0.25) is 0 Å². The van der Waals surface area contributed by atoms with Crippen molar-refractivity contribution in [1.82, 2.24) is 9.55 Å². The van der Waals surface area contributed by atoms with Gasteiger partial charge in [0.25, 0.3) is 0 Å². The minimum absolute atomic E-state index is 0.109. The molecule has 4 heteroatoms. The molecule has 4 nitrogen and oxygen atoms in total. The van der Waals surface area contributed by atoms with E-state index in [0.717, 1.165) is 5.56 Å². The number of aromatic nitrogens is 2. The summed E-state index contributed by atoms with van der Waals surface area (Å²) in [5, 5.41) is 9.23. The summed E-state index contributed by atoms with van der Waals surface area (Å²) >= 11 is 0. The Hall–Kier alpha value is -2.10. The molecule has 0 aliphatic heterocycles. The van der Waals surface area contributed by atoms with Crippen molar-refractivity contribution in [2.24, 2.45) is 7.05 Å². The SMILES string of the molecule is Cc1nc(C(=O)O)c(-c2ccc(C(C)C)cc2)n1C. The number of hydrogen-bond acceptors (Lipinski definition) is 2. The van der Waals surface area contributed by atoms with E-state index in [-0.39, 0.29) is 5.69 Å². The second-order valence-corrected chi connectivity index (χ2v) is 5.00. The summed E-state index contributed by atoms with van der Waals surface area (Å²) in [5.41, 5.74) is 2.88. The first kappa shape index (κ1) is 13.3. The van der Waals surface area contributed by atoms with E-state index >= 15 is 0 Å². The highest BCUT2D eigenvalue weighted by molar-refractivity contribution is 5.93. The molecule has 0 aliphatic carbocycles. The number of hydrogen-bond donors (Lipinski definition) is 1. The van der Waals surface area contributed by atoms with Crippen LogP contribution in [0.25, 0.3) is 11.3 Å². The van der Waals surface area contributed by atoms with Gasteiger partial charge in [0.15, 0.2) is 5.69 Å². The lowest BCUT2D eigenvalue weighted by molar-refractivity contribution is 0.0692. The fourth-order valence-electron chi connectivity index (χ4n) is 2.12. The molecular formula is C15H18N2O2. The molecule has 2 rings (SSSR count). The monoisotopic (exact) mass is 258 g/mol. The zero-order valence-electron chi connectivity index (χ0n) is 11.6. The van der Waals surface area contributed by atoms with Crippen LogP contribution in [0.3, 0.4) is 0 Å². The van der Waals surface area contributed by atoms with Gasteiger partial charge < -0.3 is 9.67 Å². The molecule has 0 aliphatic rings. The van der Waals surface area contributed by atoms with Gasteiger partial charge in [0, 0.05) is 12.6 Å². The van der Waals surface area contributed by atoms with Crippen LogP contribution < -0.4 is 0 Å². The summed E-state index contributed by atoms with van der Waals surface area (Å²) < 4.78 is 1.81. The predicted octanol–water partition coefficient (Wildman–Crippen LogP) is 3.22. The third-order valence-corrected chi connectivity index (χ3v) is 3.37. The number of imidazole rings is 1. The Morgan fingerprint density at radius 1 is 1.26 bits per heavy atom. The Kier molecular flexibility index (Phi) is 3.42. The predicted molar refractivity (Wildman–Crippen MR) is 74.4 cm³/mol. The molecule has 19 heavy (non-hydrogen) atoms. The number of nitrogens with zero attached hydrogens (tertiary/aromatic N) is 2. The first-order chi connectivity index (χ1) is 8.91. The van der Waals surface area contributed by atoms with E-state index in [1.807, 2.05) is 35.9 Å². The van der Waals surface area contributed by atoms with E-state index in [1.54, 1.807) is 6.92 Å². The highest BCUT2D eigenvalue weighted by Gasteiger charge is 2.19. The maximum Gasteiger partial charge on any atom is 0.356 e. The van der Waals surface area contributed by atoms with E-state index in [9.17, 15) is 9.90 Å². The lowest BCUT2D eigenvalue weighted by atomic mass is 10.0. The summed E-state index contributed by atoms with van der Waals surface area (Å²) in [4.78, 5) is 15.4. The maximum atomic E-state index is 11.3. The lowest BCUT2D eigenvalue weighted by Gasteiger charge is -2.08. The van der Waals surface area contributed by atoms with E-state index in [1.165, 1.54) is 5.56 Å². The van der Waals surface area contributed by atoms with Gasteiger partial charge in [-0.15, -0.1) is 0 Å². The number of carbonyl (C=O) groups is 1. The van der Waals surface area contributed by atoms with E-state index in [4.69, 9.17) is 0 Å². The molecule has 0 bridgehead atoms. The van der Waals surface area contributed by atoms with Crippen LogP contribution in [0.15, 0.2) is 24.3 Å². The minimum Gasteiger partial charge on any atom is -0.476 e. The summed E-state index contributed by atoms with van der Waals surface area (Å²) in [6, 6.07) is 7.98. The standard InChI is InChI=1S/C15H18N2O2/c1-9(2)11-5-7-12(8-6-11)14-13(15(18)19)16-10(3)17(14)4/h5-9H,1-4H3,(H,18,19). The molecule has 0 amide bonds. The van der Waals surface area contributed by atoms with Crippen LogP contribution in [0.1, 0.15) is 41.6 Å². The van der Waals surface area contributed by atoms with Crippen molar-refractivity contribution in [1.29, 1.82) is 0 Å². The van der Waals surface area contributed by atoms with Crippen LogP contribution in [-0.2, 0) is 7.05 Å². The number of carboxylic acid groups (broad SMARTS) is 1. The largest absolute Gasteiger partial charge is 0.476 e. The van der Waals surface area contributed by atoms with Crippen LogP contribution in [0.5, 0.6) is 0 Å². The van der Waals surface area contributed by atoms with Crippen LogP contribution in [-0.4, -0.2) is 20.6 Å². The van der Waals surface area contributed by atoms with E-state index in [2.05, 4.69) is 18.8 Å². The fraction of sp³-hybridized carbons (Fsp3) is 0.333. The average Bonchev–Trinajstić information content (AvgIpc) is 2.66. The molecule has 0 saturated carbocycles. The van der Waals surface area contributed by atoms with Crippen LogP contribution in [0, 0.1) is 6.92 Å². The molecule has 0 spiro atoms. The van der Waals surface area contributed by atoms with Crippen molar-refractivity contribution in [3.05, 3.63) is 41.3 Å². The quantitative estimate of drug-likeness (QED) is 0.919. The first-order valence-electron chi connectivity index (χ1n) is 6.28. The van der Waals surface area contributed by atoms with Crippen molar-refractivity contribution >= 4 is 5.97 Å². The second kappa shape index (κ2) is 4.88. The third-order valence-electron chi connectivity index (χ3n) is 3.37. The zero-order chi connectivity index (χ0) is 14.2. The number of rotatable bonds is 3. The fourth-order valence-corrected chi connectivity index (χ4v) is 2.12. The molecule has 0 radical (unpaired) electrons. The molecule has 1 aromatic carbocycles. The van der Waals surface area contributed by atoms with Crippen molar-refractivity contribution in [3.8, 4) is 11.3 Å². The van der Waals surface area contributed by atoms with Gasteiger partial charge in [0.1, 0.15) is 5.82 Å². The number of aromatic carboxylic acids is 1. The molecule has 2 aromatic rings. The van der Waals surface area contributed by atoms with Gasteiger partial charge in [-0.3, -0.25) is 0 Å². The third kappa shape index (κ3) is 2.38. The summed E-state index contributed by atoms with van der Waals surface area (Å²) in [5.74, 6) is 0.160. The van der Waals surface area contributed by atoms with Crippen LogP contribution in [0.4, 0.5) is 0 Å².